The molecule has 0 bridgehead atoms. The molecule has 82 valence electrons. The lowest BCUT2D eigenvalue weighted by Gasteiger charge is -2.26. The summed E-state index contributed by atoms with van der Waals surface area (Å²) in [5, 5.41) is 1.99. The van der Waals surface area contributed by atoms with E-state index in [1.807, 2.05) is 16.3 Å². The molecule has 4 heteroatoms. The monoisotopic (exact) mass is 225 g/mol. The zero-order valence-corrected chi connectivity index (χ0v) is 9.68. The second kappa shape index (κ2) is 4.77. The molecule has 1 aromatic heterocycles. The molecule has 0 aromatic carbocycles. The van der Waals surface area contributed by atoms with E-state index >= 15 is 0 Å². The van der Waals surface area contributed by atoms with Gasteiger partial charge in [-0.2, -0.15) is 0 Å². The Bertz CT molecular complexity index is 342. The van der Waals surface area contributed by atoms with Crippen molar-refractivity contribution in [2.75, 3.05) is 26.3 Å². The highest BCUT2D eigenvalue weighted by Gasteiger charge is 2.21. The molecule has 1 aromatic rings. The minimum absolute atomic E-state index is 0.171. The first-order chi connectivity index (χ1) is 7.33. The van der Waals surface area contributed by atoms with Crippen LogP contribution in [-0.2, 0) is 11.2 Å². The number of hydrogen-bond donors (Lipinski definition) is 0. The molecule has 0 N–H and O–H groups in total. The predicted molar refractivity (Wildman–Crippen MR) is 60.4 cm³/mol. The zero-order valence-electron chi connectivity index (χ0n) is 8.86. The molecule has 3 nitrogen and oxygen atoms in total. The fourth-order valence-corrected chi connectivity index (χ4v) is 2.67. The first-order valence-electron chi connectivity index (χ1n) is 5.26. The van der Waals surface area contributed by atoms with Crippen LogP contribution in [0.1, 0.15) is 22.2 Å². The number of thiophene rings is 1. The Morgan fingerprint density at radius 1 is 1.53 bits per heavy atom. The van der Waals surface area contributed by atoms with Crippen LogP contribution >= 0.6 is 11.3 Å². The van der Waals surface area contributed by atoms with Gasteiger partial charge in [0, 0.05) is 13.1 Å². The van der Waals surface area contributed by atoms with Gasteiger partial charge in [0.1, 0.15) is 0 Å². The van der Waals surface area contributed by atoms with Gasteiger partial charge in [0.05, 0.1) is 18.1 Å². The van der Waals surface area contributed by atoms with Gasteiger partial charge in [-0.15, -0.1) is 11.3 Å². The largest absolute Gasteiger partial charge is 0.378 e. The van der Waals surface area contributed by atoms with E-state index in [0.29, 0.717) is 13.2 Å². The summed E-state index contributed by atoms with van der Waals surface area (Å²) >= 11 is 1.54. The number of ether oxygens (including phenoxy) is 1. The molecule has 1 saturated heterocycles. The van der Waals surface area contributed by atoms with Crippen molar-refractivity contribution in [3.63, 3.8) is 0 Å². The van der Waals surface area contributed by atoms with Crippen LogP contribution in [0.25, 0.3) is 0 Å². The maximum absolute atomic E-state index is 12.1. The summed E-state index contributed by atoms with van der Waals surface area (Å²) in [5.74, 6) is 0.171. The van der Waals surface area contributed by atoms with Crippen molar-refractivity contribution < 1.29 is 9.53 Å². The van der Waals surface area contributed by atoms with Crippen LogP contribution in [0.2, 0.25) is 0 Å². The van der Waals surface area contributed by atoms with E-state index < -0.39 is 0 Å². The SMILES string of the molecule is CCc1ccsc1C(=O)N1CCOCC1. The van der Waals surface area contributed by atoms with Crippen LogP contribution in [0.3, 0.4) is 0 Å². The number of rotatable bonds is 2. The third-order valence-corrected chi connectivity index (χ3v) is 3.56. The number of aryl methyl sites for hydroxylation is 1. The van der Waals surface area contributed by atoms with Crippen LogP contribution in [-0.4, -0.2) is 37.1 Å². The van der Waals surface area contributed by atoms with Crippen LogP contribution in [0.5, 0.6) is 0 Å². The van der Waals surface area contributed by atoms with Gasteiger partial charge in [0.2, 0.25) is 0 Å². The van der Waals surface area contributed by atoms with Crippen molar-refractivity contribution >= 4 is 17.2 Å². The van der Waals surface area contributed by atoms with E-state index in [-0.39, 0.29) is 5.91 Å². The minimum Gasteiger partial charge on any atom is -0.378 e. The second-order valence-electron chi connectivity index (χ2n) is 3.53. The molecule has 0 atom stereocenters. The Morgan fingerprint density at radius 3 is 2.93 bits per heavy atom. The van der Waals surface area contributed by atoms with Crippen molar-refractivity contribution in [2.45, 2.75) is 13.3 Å². The Labute approximate surface area is 93.7 Å². The van der Waals surface area contributed by atoms with Gasteiger partial charge in [-0.1, -0.05) is 6.92 Å². The quantitative estimate of drug-likeness (QED) is 0.768. The van der Waals surface area contributed by atoms with Gasteiger partial charge >= 0.3 is 0 Å². The van der Waals surface area contributed by atoms with Gasteiger partial charge in [-0.3, -0.25) is 4.79 Å². The first-order valence-corrected chi connectivity index (χ1v) is 6.14. The topological polar surface area (TPSA) is 29.5 Å². The molecule has 2 heterocycles. The van der Waals surface area contributed by atoms with E-state index in [1.54, 1.807) is 11.3 Å². The Balaban J connectivity index is 2.12. The van der Waals surface area contributed by atoms with Crippen LogP contribution < -0.4 is 0 Å². The van der Waals surface area contributed by atoms with Gasteiger partial charge in [0.15, 0.2) is 0 Å². The highest BCUT2D eigenvalue weighted by molar-refractivity contribution is 7.12. The molecule has 0 unspecified atom stereocenters. The second-order valence-corrected chi connectivity index (χ2v) is 4.45. The molecule has 1 fully saturated rings. The molecule has 1 aliphatic heterocycles. The van der Waals surface area contributed by atoms with Crippen molar-refractivity contribution in [1.82, 2.24) is 4.90 Å². The van der Waals surface area contributed by atoms with Crippen molar-refractivity contribution in [1.29, 1.82) is 0 Å². The summed E-state index contributed by atoms with van der Waals surface area (Å²) in [6.45, 7) is 4.86. The number of amides is 1. The molecule has 1 aliphatic rings. The molecule has 0 aliphatic carbocycles. The Hall–Kier alpha value is -0.870. The van der Waals surface area contributed by atoms with Gasteiger partial charge in [0.25, 0.3) is 5.91 Å². The number of nitrogens with zero attached hydrogens (tertiary/aromatic N) is 1. The number of morpholine rings is 1. The number of carbonyl (C=O) groups excluding carboxylic acids is 1. The Morgan fingerprint density at radius 2 is 2.27 bits per heavy atom. The van der Waals surface area contributed by atoms with Crippen molar-refractivity contribution in [3.8, 4) is 0 Å². The summed E-state index contributed by atoms with van der Waals surface area (Å²) in [6, 6.07) is 2.04. The maximum Gasteiger partial charge on any atom is 0.264 e. The molecule has 0 radical (unpaired) electrons. The summed E-state index contributed by atoms with van der Waals surface area (Å²) in [7, 11) is 0. The fourth-order valence-electron chi connectivity index (χ4n) is 1.71. The average Bonchev–Trinajstić information content (AvgIpc) is 2.77. The number of carbonyl (C=O) groups is 1. The standard InChI is InChI=1S/C11H15NO2S/c1-2-9-3-8-15-10(9)11(13)12-4-6-14-7-5-12/h3,8H,2,4-7H2,1H3. The highest BCUT2D eigenvalue weighted by atomic mass is 32.1. The van der Waals surface area contributed by atoms with E-state index in [1.165, 1.54) is 0 Å². The lowest BCUT2D eigenvalue weighted by molar-refractivity contribution is 0.0305. The molecule has 0 saturated carbocycles. The molecule has 0 spiro atoms. The molecular weight excluding hydrogens is 210 g/mol. The zero-order chi connectivity index (χ0) is 10.7. The highest BCUT2D eigenvalue weighted by Crippen LogP contribution is 2.19. The van der Waals surface area contributed by atoms with E-state index in [4.69, 9.17) is 4.74 Å². The average molecular weight is 225 g/mol. The summed E-state index contributed by atoms with van der Waals surface area (Å²) in [6.07, 6.45) is 0.926. The van der Waals surface area contributed by atoms with E-state index in [9.17, 15) is 4.79 Å². The van der Waals surface area contributed by atoms with Gasteiger partial charge < -0.3 is 9.64 Å². The lowest BCUT2D eigenvalue weighted by atomic mass is 10.2. The van der Waals surface area contributed by atoms with Gasteiger partial charge in [-0.25, -0.2) is 0 Å². The Kier molecular flexibility index (Phi) is 3.38. The maximum atomic E-state index is 12.1. The predicted octanol–water partition coefficient (Wildman–Crippen LogP) is 1.78. The smallest absolute Gasteiger partial charge is 0.264 e. The minimum atomic E-state index is 0.171. The molecule has 2 rings (SSSR count). The van der Waals surface area contributed by atoms with Crippen LogP contribution in [0.15, 0.2) is 11.4 Å². The summed E-state index contributed by atoms with van der Waals surface area (Å²) < 4.78 is 5.23. The summed E-state index contributed by atoms with van der Waals surface area (Å²) in [5.41, 5.74) is 1.16. The fraction of sp³-hybridized carbons (Fsp3) is 0.545. The third-order valence-electron chi connectivity index (χ3n) is 2.62. The molecule has 1 amide bonds. The van der Waals surface area contributed by atoms with Crippen molar-refractivity contribution in [2.24, 2.45) is 0 Å². The normalized spacial score (nSPS) is 16.7. The summed E-state index contributed by atoms with van der Waals surface area (Å²) in [4.78, 5) is 14.9. The third kappa shape index (κ3) is 2.21. The van der Waals surface area contributed by atoms with Crippen LogP contribution in [0.4, 0.5) is 0 Å². The van der Waals surface area contributed by atoms with Gasteiger partial charge in [-0.05, 0) is 23.4 Å². The number of hydrogen-bond acceptors (Lipinski definition) is 3. The molecule has 15 heavy (non-hydrogen) atoms. The molecular formula is C11H15NO2S. The van der Waals surface area contributed by atoms with Crippen LogP contribution in [0, 0.1) is 0 Å². The van der Waals surface area contributed by atoms with E-state index in [0.717, 1.165) is 30.0 Å². The first kappa shape index (κ1) is 10.6. The lowest BCUT2D eigenvalue weighted by Crippen LogP contribution is -2.40. The van der Waals surface area contributed by atoms with Crippen molar-refractivity contribution in [3.05, 3.63) is 21.9 Å². The van der Waals surface area contributed by atoms with E-state index in [2.05, 4.69) is 6.92 Å².